The number of halogens is 1. The van der Waals surface area contributed by atoms with Gasteiger partial charge in [0.25, 0.3) is 0 Å². The Morgan fingerprint density at radius 1 is 1.08 bits per heavy atom. The van der Waals surface area contributed by atoms with E-state index in [1.165, 1.54) is 11.1 Å². The van der Waals surface area contributed by atoms with Crippen molar-refractivity contribution >= 4 is 49.6 Å². The Bertz CT molecular complexity index is 1190. The van der Waals surface area contributed by atoms with Gasteiger partial charge in [-0.1, -0.05) is 17.2 Å². The standard InChI is InChI=1S/C27H36ClN4O2PS/c1-17(2)12-22(28)27(31-23-9-8-21(36)15-26(23)34-35(6)7)30-18(3)29-24-13-20-16-32(4)11-10-19(20)14-25(24)33-5/h8-9,12-15,31,36H,10-11,16H2,1-7H3,(H,29,30)/b27-22-. The Kier molecular flexibility index (Phi) is 10.1. The van der Waals surface area contributed by atoms with Gasteiger partial charge in [0.05, 0.1) is 31.7 Å². The van der Waals surface area contributed by atoms with Crippen molar-refractivity contribution in [2.24, 2.45) is 4.99 Å². The number of nitrogens with one attached hydrogen (secondary N) is 2. The third kappa shape index (κ3) is 7.91. The summed E-state index contributed by atoms with van der Waals surface area (Å²) < 4.78 is 11.8. The van der Waals surface area contributed by atoms with Crippen molar-refractivity contribution < 1.29 is 9.26 Å². The number of hydrogen-bond acceptors (Lipinski definition) is 6. The molecular weight excluding hydrogens is 511 g/mol. The van der Waals surface area contributed by atoms with Gasteiger partial charge in [-0.3, -0.25) is 0 Å². The SMILES string of the molecule is COc1cc2c(cc1NC(C)=N/C(Nc1ccc(S)cc1OP(C)C)=C(/Cl)C=C(C)C)CN(C)CC2. The number of ether oxygens (including phenoxy) is 1. The molecule has 36 heavy (non-hydrogen) atoms. The first-order valence-corrected chi connectivity index (χ1v) is 14.7. The first-order valence-electron chi connectivity index (χ1n) is 11.8. The van der Waals surface area contributed by atoms with Crippen LogP contribution in [0.3, 0.4) is 0 Å². The summed E-state index contributed by atoms with van der Waals surface area (Å²) in [5, 5.41) is 7.29. The van der Waals surface area contributed by atoms with Gasteiger partial charge < -0.3 is 24.8 Å². The van der Waals surface area contributed by atoms with E-state index in [9.17, 15) is 0 Å². The van der Waals surface area contributed by atoms with Gasteiger partial charge in [0.15, 0.2) is 5.82 Å². The maximum atomic E-state index is 6.72. The first kappa shape index (κ1) is 28.4. The molecule has 0 aliphatic carbocycles. The zero-order valence-corrected chi connectivity index (χ0v) is 24.6. The molecule has 2 N–H and O–H groups in total. The van der Waals surface area contributed by atoms with E-state index in [0.29, 0.717) is 22.4 Å². The smallest absolute Gasteiger partial charge is 0.151 e. The summed E-state index contributed by atoms with van der Waals surface area (Å²) in [6.45, 7) is 11.9. The molecule has 0 aromatic heterocycles. The lowest BCUT2D eigenvalue weighted by atomic mass is 9.98. The fourth-order valence-corrected chi connectivity index (χ4v) is 4.91. The molecule has 0 radical (unpaired) electrons. The number of anilines is 2. The molecule has 2 aromatic carbocycles. The van der Waals surface area contributed by atoms with Crippen molar-refractivity contribution in [2.75, 3.05) is 44.7 Å². The van der Waals surface area contributed by atoms with Gasteiger partial charge in [-0.2, -0.15) is 0 Å². The zero-order valence-electron chi connectivity index (χ0n) is 22.1. The lowest BCUT2D eigenvalue weighted by Gasteiger charge is -2.26. The van der Waals surface area contributed by atoms with E-state index in [1.54, 1.807) is 7.11 Å². The number of thiol groups is 1. The molecule has 0 saturated heterocycles. The third-order valence-electron chi connectivity index (χ3n) is 5.46. The Morgan fingerprint density at radius 2 is 1.83 bits per heavy atom. The van der Waals surface area contributed by atoms with Crippen molar-refractivity contribution in [3.8, 4) is 11.5 Å². The fourth-order valence-electron chi connectivity index (χ4n) is 3.86. The molecule has 9 heteroatoms. The highest BCUT2D eigenvalue weighted by atomic mass is 35.5. The predicted molar refractivity (Wildman–Crippen MR) is 159 cm³/mol. The quantitative estimate of drug-likeness (QED) is 0.106. The van der Waals surface area contributed by atoms with Gasteiger partial charge in [-0.15, -0.1) is 12.6 Å². The van der Waals surface area contributed by atoms with E-state index < -0.39 is 8.15 Å². The topological polar surface area (TPSA) is 58.1 Å². The molecule has 1 aliphatic heterocycles. The second kappa shape index (κ2) is 12.9. The molecule has 0 spiro atoms. The minimum atomic E-state index is -0.623. The molecule has 0 saturated carbocycles. The van der Waals surface area contributed by atoms with Crippen molar-refractivity contribution in [2.45, 2.75) is 38.6 Å². The molecule has 0 bridgehead atoms. The maximum absolute atomic E-state index is 6.72. The number of benzene rings is 2. The number of methoxy groups -OCH3 is 1. The zero-order chi connectivity index (χ0) is 26.4. The van der Waals surface area contributed by atoms with Crippen LogP contribution in [0.5, 0.6) is 11.5 Å². The minimum absolute atomic E-state index is 0.492. The summed E-state index contributed by atoms with van der Waals surface area (Å²) in [5.74, 6) is 2.68. The lowest BCUT2D eigenvalue weighted by Crippen LogP contribution is -2.26. The monoisotopic (exact) mass is 546 g/mol. The van der Waals surface area contributed by atoms with Crippen molar-refractivity contribution in [1.82, 2.24) is 4.90 Å². The number of fused-ring (bicyclic) bond motifs is 1. The lowest BCUT2D eigenvalue weighted by molar-refractivity contribution is 0.312. The van der Waals surface area contributed by atoms with Crippen LogP contribution in [0, 0.1) is 0 Å². The highest BCUT2D eigenvalue weighted by Crippen LogP contribution is 2.38. The Morgan fingerprint density at radius 3 is 2.50 bits per heavy atom. The normalized spacial score (nSPS) is 14.7. The number of hydrogen-bond donors (Lipinski definition) is 3. The maximum Gasteiger partial charge on any atom is 0.151 e. The number of allylic oxidation sites excluding steroid dienone is 3. The predicted octanol–water partition coefficient (Wildman–Crippen LogP) is 7.32. The second-order valence-electron chi connectivity index (χ2n) is 9.26. The van der Waals surface area contributed by atoms with E-state index in [1.807, 2.05) is 58.4 Å². The summed E-state index contributed by atoms with van der Waals surface area (Å²) in [6.07, 6.45) is 2.90. The van der Waals surface area contributed by atoms with Crippen LogP contribution in [0.4, 0.5) is 11.4 Å². The molecule has 0 atom stereocenters. The first-order chi connectivity index (χ1) is 17.0. The second-order valence-corrected chi connectivity index (χ2v) is 12.0. The summed E-state index contributed by atoms with van der Waals surface area (Å²) in [7, 11) is 3.21. The van der Waals surface area contributed by atoms with E-state index in [-0.39, 0.29) is 0 Å². The molecule has 1 aliphatic rings. The molecule has 0 fully saturated rings. The Balaban J connectivity index is 1.97. The number of rotatable bonds is 8. The van der Waals surface area contributed by atoms with Crippen molar-refractivity contribution in [3.63, 3.8) is 0 Å². The van der Waals surface area contributed by atoms with Gasteiger partial charge in [-0.25, -0.2) is 4.99 Å². The molecule has 3 rings (SSSR count). The highest BCUT2D eigenvalue weighted by molar-refractivity contribution is 7.80. The molecule has 0 unspecified atom stereocenters. The minimum Gasteiger partial charge on any atom is -0.495 e. The van der Waals surface area contributed by atoms with Crippen LogP contribution in [-0.4, -0.2) is 44.8 Å². The average molecular weight is 547 g/mol. The van der Waals surface area contributed by atoms with Crippen LogP contribution in [0.25, 0.3) is 0 Å². The van der Waals surface area contributed by atoms with Crippen LogP contribution in [0.2, 0.25) is 0 Å². The van der Waals surface area contributed by atoms with Crippen LogP contribution in [-0.2, 0) is 13.0 Å². The Hall–Kier alpha value is -2.18. The van der Waals surface area contributed by atoms with E-state index in [0.717, 1.165) is 47.1 Å². The van der Waals surface area contributed by atoms with Gasteiger partial charge >= 0.3 is 0 Å². The van der Waals surface area contributed by atoms with Crippen LogP contribution >= 0.6 is 32.4 Å². The molecule has 2 aromatic rings. The van der Waals surface area contributed by atoms with Gasteiger partial charge in [-0.05, 0) is 95.1 Å². The van der Waals surface area contributed by atoms with E-state index in [4.69, 9.17) is 25.9 Å². The number of aliphatic imine (C=N–C) groups is 1. The summed E-state index contributed by atoms with van der Waals surface area (Å²) >= 11 is 11.2. The van der Waals surface area contributed by atoms with Gasteiger partial charge in [0, 0.05) is 18.0 Å². The summed E-state index contributed by atoms with van der Waals surface area (Å²) in [4.78, 5) is 7.96. The molecule has 6 nitrogen and oxygen atoms in total. The average Bonchev–Trinajstić information content (AvgIpc) is 2.78. The van der Waals surface area contributed by atoms with Crippen LogP contribution in [0.1, 0.15) is 31.9 Å². The van der Waals surface area contributed by atoms with E-state index >= 15 is 0 Å². The van der Waals surface area contributed by atoms with Crippen molar-refractivity contribution in [1.29, 1.82) is 0 Å². The Labute approximate surface area is 227 Å². The third-order valence-corrected chi connectivity index (χ3v) is 6.59. The van der Waals surface area contributed by atoms with Gasteiger partial charge in [0.1, 0.15) is 17.3 Å². The van der Waals surface area contributed by atoms with Crippen LogP contribution < -0.4 is 19.9 Å². The number of likely N-dealkylation sites (N-methyl/N-ethyl adjacent to an activating group) is 1. The molecular formula is C27H36ClN4O2PS. The molecule has 194 valence electrons. The summed E-state index contributed by atoms with van der Waals surface area (Å²) in [5.41, 5.74) is 5.32. The van der Waals surface area contributed by atoms with Crippen molar-refractivity contribution in [3.05, 3.63) is 64.0 Å². The molecule has 0 amide bonds. The fraction of sp³-hybridized carbons (Fsp3) is 0.370. The molecule has 1 heterocycles. The summed E-state index contributed by atoms with van der Waals surface area (Å²) in [6, 6.07) is 10.00. The largest absolute Gasteiger partial charge is 0.495 e. The number of amidine groups is 1. The van der Waals surface area contributed by atoms with Crippen LogP contribution in [0.15, 0.2) is 62.7 Å². The van der Waals surface area contributed by atoms with Gasteiger partial charge in [0.2, 0.25) is 0 Å². The highest BCUT2D eigenvalue weighted by Gasteiger charge is 2.17. The van der Waals surface area contributed by atoms with E-state index in [2.05, 4.69) is 47.3 Å². The number of nitrogens with zero attached hydrogens (tertiary/aromatic N) is 2.